The SMILES string of the molecule is C=C/C=C\C(Cl)=C(/C)c1ccc2cc(C(=O)C(CN)=C(C)C)[nH]c2c1.CC.CC. The molecule has 2 rings (SSSR count). The molecule has 0 saturated carbocycles. The molecule has 0 aliphatic carbocycles. The predicted molar refractivity (Wildman–Crippen MR) is 131 cm³/mol. The summed E-state index contributed by atoms with van der Waals surface area (Å²) in [6.07, 6.45) is 5.28. The molecule has 0 amide bonds. The fourth-order valence-electron chi connectivity index (χ4n) is 2.58. The highest BCUT2D eigenvalue weighted by Gasteiger charge is 2.15. The van der Waals surface area contributed by atoms with Crippen LogP contribution in [0.4, 0.5) is 0 Å². The quantitative estimate of drug-likeness (QED) is 0.293. The average Bonchev–Trinajstić information content (AvgIpc) is 3.18. The van der Waals surface area contributed by atoms with Gasteiger partial charge in [0.05, 0.1) is 5.69 Å². The molecular formula is C25H35ClN2O. The van der Waals surface area contributed by atoms with Crippen LogP contribution in [0.15, 0.2) is 65.3 Å². The van der Waals surface area contributed by atoms with Gasteiger partial charge in [-0.3, -0.25) is 4.79 Å². The van der Waals surface area contributed by atoms with Crippen LogP contribution in [0.2, 0.25) is 0 Å². The maximum Gasteiger partial charge on any atom is 0.206 e. The minimum Gasteiger partial charge on any atom is -0.352 e. The van der Waals surface area contributed by atoms with Gasteiger partial charge in [0.25, 0.3) is 0 Å². The van der Waals surface area contributed by atoms with Crippen LogP contribution in [-0.4, -0.2) is 17.3 Å². The molecule has 0 aliphatic heterocycles. The summed E-state index contributed by atoms with van der Waals surface area (Å²) in [5.41, 5.74) is 10.7. The number of H-pyrrole nitrogens is 1. The van der Waals surface area contributed by atoms with Crippen LogP contribution >= 0.6 is 11.6 Å². The van der Waals surface area contributed by atoms with Gasteiger partial charge in [0.2, 0.25) is 5.78 Å². The molecule has 0 saturated heterocycles. The number of ketones is 1. The van der Waals surface area contributed by atoms with Crippen molar-refractivity contribution in [2.24, 2.45) is 5.73 Å². The summed E-state index contributed by atoms with van der Waals surface area (Å²) in [4.78, 5) is 15.8. The second-order valence-electron chi connectivity index (χ2n) is 6.06. The smallest absolute Gasteiger partial charge is 0.206 e. The van der Waals surface area contributed by atoms with Gasteiger partial charge >= 0.3 is 0 Å². The monoisotopic (exact) mass is 414 g/mol. The molecule has 3 N–H and O–H groups in total. The predicted octanol–water partition coefficient (Wildman–Crippen LogP) is 7.41. The third kappa shape index (κ3) is 7.19. The summed E-state index contributed by atoms with van der Waals surface area (Å²) in [5, 5.41) is 1.62. The highest BCUT2D eigenvalue weighted by Crippen LogP contribution is 2.26. The number of halogens is 1. The van der Waals surface area contributed by atoms with E-state index in [0.29, 0.717) is 16.3 Å². The zero-order valence-corrected chi connectivity index (χ0v) is 19.6. The van der Waals surface area contributed by atoms with Crippen LogP contribution in [-0.2, 0) is 0 Å². The standard InChI is InChI=1S/C21H23ClN2O.2C2H6/c1-5-6-7-18(22)14(4)15-8-9-16-11-20(24-19(16)10-15)21(25)17(12-23)13(2)3;2*1-2/h5-11,24H,1,12,23H2,2-4H3;2*1-2H3/b7-6-,18-14-;;. The Hall–Kier alpha value is -2.36. The van der Waals surface area contributed by atoms with Crippen LogP contribution in [0.5, 0.6) is 0 Å². The molecule has 0 radical (unpaired) electrons. The number of Topliss-reactive ketones (excluding diaryl/α,β-unsaturated/α-hetero) is 1. The van der Waals surface area contributed by atoms with E-state index in [9.17, 15) is 4.79 Å². The molecule has 1 aromatic carbocycles. The van der Waals surface area contributed by atoms with E-state index in [1.165, 1.54) is 0 Å². The maximum atomic E-state index is 12.6. The Kier molecular flexibility index (Phi) is 12.6. The fourth-order valence-corrected chi connectivity index (χ4v) is 2.77. The van der Waals surface area contributed by atoms with Gasteiger partial charge in [-0.05, 0) is 50.1 Å². The number of nitrogens with two attached hydrogens (primary N) is 1. The molecular weight excluding hydrogens is 380 g/mol. The Morgan fingerprint density at radius 2 is 1.76 bits per heavy atom. The number of hydrogen-bond donors (Lipinski definition) is 2. The van der Waals surface area contributed by atoms with Crippen molar-refractivity contribution in [1.82, 2.24) is 4.98 Å². The number of hydrogen-bond acceptors (Lipinski definition) is 2. The maximum absolute atomic E-state index is 12.6. The number of carbonyl (C=O) groups excluding carboxylic acids is 1. The van der Waals surface area contributed by atoms with E-state index in [-0.39, 0.29) is 12.3 Å². The zero-order chi connectivity index (χ0) is 22.6. The molecule has 29 heavy (non-hydrogen) atoms. The van der Waals surface area contributed by atoms with E-state index in [1.54, 1.807) is 18.2 Å². The van der Waals surface area contributed by atoms with Gasteiger partial charge in [0, 0.05) is 28.1 Å². The van der Waals surface area contributed by atoms with E-state index >= 15 is 0 Å². The number of allylic oxidation sites excluding steroid dienone is 6. The van der Waals surface area contributed by atoms with Gasteiger partial charge in [0.1, 0.15) is 0 Å². The van der Waals surface area contributed by atoms with Gasteiger partial charge in [-0.2, -0.15) is 0 Å². The van der Waals surface area contributed by atoms with E-state index in [1.807, 2.05) is 72.7 Å². The lowest BCUT2D eigenvalue weighted by molar-refractivity contribution is 0.102. The highest BCUT2D eigenvalue weighted by atomic mass is 35.5. The number of aromatic amines is 1. The average molecular weight is 415 g/mol. The number of nitrogens with one attached hydrogen (secondary N) is 1. The van der Waals surface area contributed by atoms with Crippen molar-refractivity contribution >= 4 is 33.9 Å². The normalized spacial score (nSPS) is 11.1. The Morgan fingerprint density at radius 3 is 2.28 bits per heavy atom. The second kappa shape index (κ2) is 13.8. The summed E-state index contributed by atoms with van der Waals surface area (Å²) >= 11 is 6.31. The number of benzene rings is 1. The molecule has 1 heterocycles. The molecule has 158 valence electrons. The summed E-state index contributed by atoms with van der Waals surface area (Å²) < 4.78 is 0. The minimum atomic E-state index is -0.0561. The number of rotatable bonds is 6. The van der Waals surface area contributed by atoms with E-state index in [4.69, 9.17) is 17.3 Å². The number of aromatic nitrogens is 1. The van der Waals surface area contributed by atoms with Gasteiger partial charge < -0.3 is 10.7 Å². The Balaban J connectivity index is 0.00000184. The van der Waals surface area contributed by atoms with E-state index < -0.39 is 0 Å². The third-order valence-corrected chi connectivity index (χ3v) is 4.53. The van der Waals surface area contributed by atoms with Crippen LogP contribution in [0, 0.1) is 0 Å². The summed E-state index contributed by atoms with van der Waals surface area (Å²) in [7, 11) is 0. The molecule has 1 aromatic heterocycles. The van der Waals surface area contributed by atoms with Crippen LogP contribution in [0.3, 0.4) is 0 Å². The van der Waals surface area contributed by atoms with E-state index in [0.717, 1.165) is 27.6 Å². The molecule has 0 atom stereocenters. The van der Waals surface area contributed by atoms with Gasteiger partial charge in [0.15, 0.2) is 0 Å². The molecule has 0 aliphatic rings. The topological polar surface area (TPSA) is 58.9 Å². The first-order valence-electron chi connectivity index (χ1n) is 10.1. The Bertz CT molecular complexity index is 910. The van der Waals surface area contributed by atoms with Crippen LogP contribution in [0.25, 0.3) is 16.5 Å². The first-order valence-corrected chi connectivity index (χ1v) is 10.5. The van der Waals surface area contributed by atoms with Gasteiger partial charge in [-0.1, -0.05) is 75.7 Å². The van der Waals surface area contributed by atoms with Gasteiger partial charge in [-0.15, -0.1) is 0 Å². The lowest BCUT2D eigenvalue weighted by atomic mass is 10.0. The summed E-state index contributed by atoms with van der Waals surface area (Å²) in [6.45, 7) is 17.6. The Labute approximate surface area is 181 Å². The fraction of sp³-hybridized carbons (Fsp3) is 0.320. The van der Waals surface area contributed by atoms with Crippen LogP contribution < -0.4 is 5.73 Å². The largest absolute Gasteiger partial charge is 0.352 e. The molecule has 2 aromatic rings. The molecule has 0 spiro atoms. The van der Waals surface area contributed by atoms with Crippen molar-refractivity contribution in [3.05, 3.63) is 76.5 Å². The molecule has 0 bridgehead atoms. The lowest BCUT2D eigenvalue weighted by Gasteiger charge is -2.04. The van der Waals surface area contributed by atoms with E-state index in [2.05, 4.69) is 11.6 Å². The minimum absolute atomic E-state index is 0.0561. The third-order valence-electron chi connectivity index (χ3n) is 4.12. The molecule has 0 unspecified atom stereocenters. The molecule has 4 heteroatoms. The lowest BCUT2D eigenvalue weighted by Crippen LogP contribution is -2.14. The van der Waals surface area contributed by atoms with Gasteiger partial charge in [-0.25, -0.2) is 0 Å². The highest BCUT2D eigenvalue weighted by molar-refractivity contribution is 6.34. The summed E-state index contributed by atoms with van der Waals surface area (Å²) in [5.74, 6) is -0.0561. The van der Waals surface area contributed by atoms with Crippen molar-refractivity contribution in [2.75, 3.05) is 6.54 Å². The zero-order valence-electron chi connectivity index (χ0n) is 18.8. The van der Waals surface area contributed by atoms with Crippen LogP contribution in [0.1, 0.15) is 64.5 Å². The second-order valence-corrected chi connectivity index (χ2v) is 6.47. The molecule has 3 nitrogen and oxygen atoms in total. The van der Waals surface area contributed by atoms with Crippen molar-refractivity contribution in [1.29, 1.82) is 0 Å². The van der Waals surface area contributed by atoms with Crippen molar-refractivity contribution < 1.29 is 4.79 Å². The molecule has 0 fully saturated rings. The Morgan fingerprint density at radius 1 is 1.14 bits per heavy atom. The van der Waals surface area contributed by atoms with Crippen molar-refractivity contribution in [3.8, 4) is 0 Å². The first kappa shape index (κ1) is 26.6. The summed E-state index contributed by atoms with van der Waals surface area (Å²) in [6, 6.07) is 7.83. The van der Waals surface area contributed by atoms with Crippen molar-refractivity contribution in [2.45, 2.75) is 48.5 Å². The number of carbonyl (C=O) groups is 1. The first-order chi connectivity index (χ1) is 13.9. The number of fused-ring (bicyclic) bond motifs is 1. The van der Waals surface area contributed by atoms with Crippen molar-refractivity contribution in [3.63, 3.8) is 0 Å².